The average Bonchev–Trinajstić information content (AvgIpc) is 2.72. The van der Waals surface area contributed by atoms with Crippen LogP contribution < -0.4 is 14.8 Å². The van der Waals surface area contributed by atoms with Gasteiger partial charge in [-0.2, -0.15) is 0 Å². The fourth-order valence-corrected chi connectivity index (χ4v) is 3.95. The number of nitrogens with one attached hydrogen (secondary N) is 1. The van der Waals surface area contributed by atoms with E-state index >= 15 is 0 Å². The number of methoxy groups -OCH3 is 1. The topological polar surface area (TPSA) is 47.6 Å². The average molecular weight is 444 g/mol. The lowest BCUT2D eigenvalue weighted by molar-refractivity contribution is -0.117. The van der Waals surface area contributed by atoms with E-state index in [1.807, 2.05) is 42.5 Å². The Morgan fingerprint density at radius 1 is 1.18 bits per heavy atom. The van der Waals surface area contributed by atoms with Crippen molar-refractivity contribution in [2.45, 2.75) is 44.8 Å². The van der Waals surface area contributed by atoms with Gasteiger partial charge in [-0.05, 0) is 58.1 Å². The predicted octanol–water partition coefficient (Wildman–Crippen LogP) is 5.50. The number of hydrogen-bond acceptors (Lipinski definition) is 3. The van der Waals surface area contributed by atoms with Crippen LogP contribution in [0.4, 0.5) is 0 Å². The Morgan fingerprint density at radius 3 is 2.64 bits per heavy atom. The van der Waals surface area contributed by atoms with Gasteiger partial charge in [-0.15, -0.1) is 0 Å². The molecule has 2 aromatic carbocycles. The van der Waals surface area contributed by atoms with E-state index in [9.17, 15) is 4.79 Å². The molecule has 0 saturated heterocycles. The second-order valence-electron chi connectivity index (χ2n) is 6.99. The molecule has 0 aliphatic heterocycles. The van der Waals surface area contributed by atoms with Gasteiger partial charge in [0.25, 0.3) is 0 Å². The molecule has 0 bridgehead atoms. The van der Waals surface area contributed by atoms with E-state index in [1.165, 1.54) is 19.3 Å². The molecule has 1 amide bonds. The second-order valence-corrected chi connectivity index (χ2v) is 7.84. The number of hydrogen-bond donors (Lipinski definition) is 1. The van der Waals surface area contributed by atoms with Gasteiger partial charge in [0.05, 0.1) is 11.6 Å². The molecule has 1 N–H and O–H groups in total. The number of halogens is 1. The standard InChI is InChI=1S/C23H26BrNO3/c1-27-21-15-18(12-13-22(26)25-19-10-6-3-7-11-19)14-20(24)23(21)28-16-17-8-4-2-5-9-17/h2,4-5,8-9,12-15,19H,3,6-7,10-11,16H2,1H3,(H,25,26)/b13-12+. The number of amides is 1. The Hall–Kier alpha value is -2.27. The van der Waals surface area contributed by atoms with Gasteiger partial charge < -0.3 is 14.8 Å². The summed E-state index contributed by atoms with van der Waals surface area (Å²) in [6, 6.07) is 14.1. The fourth-order valence-electron chi connectivity index (χ4n) is 3.37. The van der Waals surface area contributed by atoms with E-state index in [2.05, 4.69) is 21.2 Å². The normalized spacial score (nSPS) is 14.8. The quantitative estimate of drug-likeness (QED) is 0.574. The third kappa shape index (κ3) is 5.86. The van der Waals surface area contributed by atoms with E-state index in [1.54, 1.807) is 19.3 Å². The first-order valence-electron chi connectivity index (χ1n) is 9.68. The molecule has 28 heavy (non-hydrogen) atoms. The maximum absolute atomic E-state index is 12.2. The summed E-state index contributed by atoms with van der Waals surface area (Å²) in [5.74, 6) is 1.22. The van der Waals surface area contributed by atoms with Crippen LogP contribution >= 0.6 is 15.9 Å². The lowest BCUT2D eigenvalue weighted by Crippen LogP contribution is -2.34. The van der Waals surface area contributed by atoms with Crippen LogP contribution in [-0.2, 0) is 11.4 Å². The number of carbonyl (C=O) groups is 1. The summed E-state index contributed by atoms with van der Waals surface area (Å²) in [6.07, 6.45) is 9.20. The summed E-state index contributed by atoms with van der Waals surface area (Å²) in [7, 11) is 1.61. The molecule has 1 aliphatic rings. The molecule has 3 rings (SSSR count). The molecule has 2 aromatic rings. The van der Waals surface area contributed by atoms with Gasteiger partial charge in [-0.1, -0.05) is 49.6 Å². The Balaban J connectivity index is 1.65. The summed E-state index contributed by atoms with van der Waals surface area (Å²) < 4.78 is 12.2. The zero-order valence-electron chi connectivity index (χ0n) is 16.1. The maximum Gasteiger partial charge on any atom is 0.244 e. The van der Waals surface area contributed by atoms with Crippen molar-refractivity contribution in [3.63, 3.8) is 0 Å². The third-order valence-corrected chi connectivity index (χ3v) is 5.45. The number of carbonyl (C=O) groups excluding carboxylic acids is 1. The number of rotatable bonds is 7. The monoisotopic (exact) mass is 443 g/mol. The van der Waals surface area contributed by atoms with E-state index in [0.717, 1.165) is 28.4 Å². The molecule has 148 valence electrons. The van der Waals surface area contributed by atoms with Crippen molar-refractivity contribution in [3.8, 4) is 11.5 Å². The van der Waals surface area contributed by atoms with Gasteiger partial charge >= 0.3 is 0 Å². The highest BCUT2D eigenvalue weighted by Crippen LogP contribution is 2.37. The molecule has 1 fully saturated rings. The van der Waals surface area contributed by atoms with Gasteiger partial charge in [0, 0.05) is 12.1 Å². The van der Waals surface area contributed by atoms with Crippen LogP contribution in [0.3, 0.4) is 0 Å². The van der Waals surface area contributed by atoms with E-state index in [4.69, 9.17) is 9.47 Å². The molecule has 0 heterocycles. The summed E-state index contributed by atoms with van der Waals surface area (Å²) in [5.41, 5.74) is 1.95. The first-order valence-corrected chi connectivity index (χ1v) is 10.5. The van der Waals surface area contributed by atoms with Crippen molar-refractivity contribution in [3.05, 3.63) is 64.1 Å². The Morgan fingerprint density at radius 2 is 1.93 bits per heavy atom. The van der Waals surface area contributed by atoms with E-state index in [0.29, 0.717) is 24.1 Å². The predicted molar refractivity (Wildman–Crippen MR) is 116 cm³/mol. The second kappa shape index (κ2) is 10.3. The van der Waals surface area contributed by atoms with Crippen LogP contribution in [0.5, 0.6) is 11.5 Å². The minimum absolute atomic E-state index is 0.0496. The van der Waals surface area contributed by atoms with Gasteiger partial charge in [0.2, 0.25) is 5.91 Å². The van der Waals surface area contributed by atoms with E-state index in [-0.39, 0.29) is 5.91 Å². The Labute approximate surface area is 175 Å². The molecular formula is C23H26BrNO3. The third-order valence-electron chi connectivity index (χ3n) is 4.86. The zero-order valence-corrected chi connectivity index (χ0v) is 17.7. The lowest BCUT2D eigenvalue weighted by Gasteiger charge is -2.21. The molecule has 1 aliphatic carbocycles. The molecule has 4 nitrogen and oxygen atoms in total. The minimum Gasteiger partial charge on any atom is -0.493 e. The number of benzene rings is 2. The van der Waals surface area contributed by atoms with Gasteiger partial charge in [0.1, 0.15) is 6.61 Å². The Kier molecular flexibility index (Phi) is 7.54. The van der Waals surface area contributed by atoms with Crippen LogP contribution in [0.1, 0.15) is 43.2 Å². The van der Waals surface area contributed by atoms with Crippen molar-refractivity contribution in [1.82, 2.24) is 5.32 Å². The molecule has 5 heteroatoms. The maximum atomic E-state index is 12.2. The zero-order chi connectivity index (χ0) is 19.8. The SMILES string of the molecule is COc1cc(/C=C/C(=O)NC2CCCCC2)cc(Br)c1OCc1ccccc1. The smallest absolute Gasteiger partial charge is 0.244 e. The van der Waals surface area contributed by atoms with Gasteiger partial charge in [0.15, 0.2) is 11.5 Å². The van der Waals surface area contributed by atoms with E-state index < -0.39 is 0 Å². The van der Waals surface area contributed by atoms with Gasteiger partial charge in [-0.25, -0.2) is 0 Å². The highest BCUT2D eigenvalue weighted by Gasteiger charge is 2.15. The van der Waals surface area contributed by atoms with Crippen LogP contribution in [0.15, 0.2) is 53.0 Å². The Bertz CT molecular complexity index is 814. The first kappa shape index (κ1) is 20.5. The molecule has 0 unspecified atom stereocenters. The summed E-state index contributed by atoms with van der Waals surface area (Å²) in [5, 5.41) is 3.09. The summed E-state index contributed by atoms with van der Waals surface area (Å²) in [6.45, 7) is 0.453. The highest BCUT2D eigenvalue weighted by atomic mass is 79.9. The molecule has 0 radical (unpaired) electrons. The van der Waals surface area contributed by atoms with Crippen LogP contribution in [0.2, 0.25) is 0 Å². The first-order chi connectivity index (χ1) is 13.7. The fraction of sp³-hybridized carbons (Fsp3) is 0.348. The molecule has 0 aromatic heterocycles. The van der Waals surface area contributed by atoms with Crippen LogP contribution in [0.25, 0.3) is 6.08 Å². The minimum atomic E-state index is -0.0496. The lowest BCUT2D eigenvalue weighted by atomic mass is 9.95. The summed E-state index contributed by atoms with van der Waals surface area (Å²) in [4.78, 5) is 12.2. The molecule has 1 saturated carbocycles. The molecule has 0 atom stereocenters. The van der Waals surface area contributed by atoms with Crippen LogP contribution in [-0.4, -0.2) is 19.1 Å². The van der Waals surface area contributed by atoms with Crippen molar-refractivity contribution < 1.29 is 14.3 Å². The molecule has 0 spiro atoms. The van der Waals surface area contributed by atoms with Crippen LogP contribution in [0, 0.1) is 0 Å². The van der Waals surface area contributed by atoms with Gasteiger partial charge in [-0.3, -0.25) is 4.79 Å². The van der Waals surface area contributed by atoms with Crippen molar-refractivity contribution in [2.24, 2.45) is 0 Å². The highest BCUT2D eigenvalue weighted by molar-refractivity contribution is 9.10. The van der Waals surface area contributed by atoms with Crippen molar-refractivity contribution in [2.75, 3.05) is 7.11 Å². The largest absolute Gasteiger partial charge is 0.493 e. The summed E-state index contributed by atoms with van der Waals surface area (Å²) >= 11 is 3.56. The molecular weight excluding hydrogens is 418 g/mol. The number of ether oxygens (including phenoxy) is 2. The van der Waals surface area contributed by atoms with Crippen molar-refractivity contribution >= 4 is 27.9 Å². The van der Waals surface area contributed by atoms with Crippen molar-refractivity contribution in [1.29, 1.82) is 0 Å².